The lowest BCUT2D eigenvalue weighted by Crippen LogP contribution is -2.45. The number of allylic oxidation sites excluding steroid dienone is 1. The molecule has 27 heavy (non-hydrogen) atoms. The molecule has 1 aliphatic carbocycles. The maximum Gasteiger partial charge on any atom is 0.338 e. The van der Waals surface area contributed by atoms with Crippen molar-refractivity contribution in [1.29, 1.82) is 0 Å². The summed E-state index contributed by atoms with van der Waals surface area (Å²) in [5.41, 5.74) is 1.81. The number of ether oxygens (including phenoxy) is 2. The summed E-state index contributed by atoms with van der Waals surface area (Å²) in [6.45, 7) is 1.74. The molecular weight excluding hydrogens is 344 g/mol. The summed E-state index contributed by atoms with van der Waals surface area (Å²) in [5, 5.41) is 5.54. The number of carbonyl (C=O) groups is 2. The predicted octanol–water partition coefficient (Wildman–Crippen LogP) is 3.98. The van der Waals surface area contributed by atoms with E-state index in [0.29, 0.717) is 11.3 Å². The number of hydrogen-bond donors (Lipinski definition) is 2. The Bertz CT molecular complexity index is 703. The lowest BCUT2D eigenvalue weighted by molar-refractivity contribution is -0.145. The molecule has 0 bridgehead atoms. The van der Waals surface area contributed by atoms with Gasteiger partial charge in [-0.25, -0.2) is 9.59 Å². The second-order valence-electron chi connectivity index (χ2n) is 7.22. The van der Waals surface area contributed by atoms with Gasteiger partial charge in [0.1, 0.15) is 11.9 Å². The highest BCUT2D eigenvalue weighted by Gasteiger charge is 2.33. The number of hydrogen-bond acceptors (Lipinski definition) is 4. The Kier molecular flexibility index (Phi) is 6.37. The SMILES string of the molecule is COc1ccc([C@H]2NC(=O)NC(C)=C2C(=O)OC2CCCCCCC2)cc1. The van der Waals surface area contributed by atoms with E-state index in [1.54, 1.807) is 14.0 Å². The summed E-state index contributed by atoms with van der Waals surface area (Å²) in [5.74, 6) is 0.366. The van der Waals surface area contributed by atoms with Gasteiger partial charge in [0.2, 0.25) is 0 Å². The van der Waals surface area contributed by atoms with Gasteiger partial charge in [0.15, 0.2) is 0 Å². The minimum absolute atomic E-state index is 0.0488. The topological polar surface area (TPSA) is 76.7 Å². The quantitative estimate of drug-likeness (QED) is 0.784. The van der Waals surface area contributed by atoms with E-state index in [4.69, 9.17) is 9.47 Å². The number of benzene rings is 1. The molecule has 2 N–H and O–H groups in total. The smallest absolute Gasteiger partial charge is 0.338 e. The van der Waals surface area contributed by atoms with Gasteiger partial charge in [-0.15, -0.1) is 0 Å². The van der Waals surface area contributed by atoms with Crippen LogP contribution in [0.15, 0.2) is 35.5 Å². The average Bonchev–Trinajstić information content (AvgIpc) is 2.63. The van der Waals surface area contributed by atoms with Crippen LogP contribution in [0.5, 0.6) is 5.75 Å². The molecule has 6 heteroatoms. The number of rotatable bonds is 4. The molecule has 2 aliphatic rings. The second-order valence-corrected chi connectivity index (χ2v) is 7.22. The van der Waals surface area contributed by atoms with Crippen molar-refractivity contribution < 1.29 is 19.1 Å². The van der Waals surface area contributed by atoms with E-state index in [9.17, 15) is 9.59 Å². The molecular formula is C21H28N2O4. The van der Waals surface area contributed by atoms with E-state index in [1.165, 1.54) is 19.3 Å². The largest absolute Gasteiger partial charge is 0.497 e. The van der Waals surface area contributed by atoms with Crippen molar-refractivity contribution in [3.63, 3.8) is 0 Å². The van der Waals surface area contributed by atoms with Crippen LogP contribution in [0.1, 0.15) is 63.5 Å². The van der Waals surface area contributed by atoms with Crippen molar-refractivity contribution in [1.82, 2.24) is 10.6 Å². The first kappa shape index (κ1) is 19.3. The zero-order valence-corrected chi connectivity index (χ0v) is 16.0. The van der Waals surface area contributed by atoms with Crippen molar-refractivity contribution in [2.24, 2.45) is 0 Å². The summed E-state index contributed by atoms with van der Waals surface area (Å²) in [7, 11) is 1.60. The third-order valence-electron chi connectivity index (χ3n) is 5.26. The molecule has 2 amide bonds. The molecule has 146 valence electrons. The van der Waals surface area contributed by atoms with Crippen LogP contribution < -0.4 is 15.4 Å². The summed E-state index contributed by atoms with van der Waals surface area (Å²) < 4.78 is 11.0. The Hall–Kier alpha value is -2.50. The highest BCUT2D eigenvalue weighted by Crippen LogP contribution is 2.30. The van der Waals surface area contributed by atoms with Crippen LogP contribution in [0.3, 0.4) is 0 Å². The maximum absolute atomic E-state index is 13.0. The Labute approximate surface area is 160 Å². The molecule has 0 unspecified atom stereocenters. The first-order valence-corrected chi connectivity index (χ1v) is 9.71. The molecule has 1 aliphatic heterocycles. The predicted molar refractivity (Wildman–Crippen MR) is 102 cm³/mol. The molecule has 0 aromatic heterocycles. The van der Waals surface area contributed by atoms with E-state index >= 15 is 0 Å². The molecule has 1 aromatic carbocycles. The minimum Gasteiger partial charge on any atom is -0.497 e. The van der Waals surface area contributed by atoms with Gasteiger partial charge in [-0.05, 0) is 50.3 Å². The molecule has 0 spiro atoms. The maximum atomic E-state index is 13.0. The fraction of sp³-hybridized carbons (Fsp3) is 0.524. The van der Waals surface area contributed by atoms with Crippen molar-refractivity contribution in [2.75, 3.05) is 7.11 Å². The van der Waals surface area contributed by atoms with Crippen LogP contribution in [-0.4, -0.2) is 25.2 Å². The highest BCUT2D eigenvalue weighted by atomic mass is 16.5. The summed E-state index contributed by atoms with van der Waals surface area (Å²) in [6.07, 6.45) is 7.60. The van der Waals surface area contributed by atoms with Crippen molar-refractivity contribution in [3.05, 3.63) is 41.1 Å². The lowest BCUT2D eigenvalue weighted by Gasteiger charge is -2.29. The van der Waals surface area contributed by atoms with Gasteiger partial charge in [0.05, 0.1) is 18.7 Å². The van der Waals surface area contributed by atoms with Gasteiger partial charge >= 0.3 is 12.0 Å². The third-order valence-corrected chi connectivity index (χ3v) is 5.26. The number of esters is 1. The number of nitrogens with one attached hydrogen (secondary N) is 2. The van der Waals surface area contributed by atoms with E-state index < -0.39 is 6.04 Å². The normalized spacial score (nSPS) is 21.6. The van der Waals surface area contributed by atoms with Crippen LogP contribution in [0, 0.1) is 0 Å². The van der Waals surface area contributed by atoms with E-state index in [1.807, 2.05) is 24.3 Å². The van der Waals surface area contributed by atoms with E-state index in [-0.39, 0.29) is 18.1 Å². The second kappa shape index (κ2) is 8.93. The Morgan fingerprint density at radius 3 is 2.30 bits per heavy atom. The number of methoxy groups -OCH3 is 1. The van der Waals surface area contributed by atoms with Gasteiger partial charge in [0.25, 0.3) is 0 Å². The van der Waals surface area contributed by atoms with Crippen LogP contribution >= 0.6 is 0 Å². The Morgan fingerprint density at radius 1 is 1.04 bits per heavy atom. The van der Waals surface area contributed by atoms with Crippen molar-refractivity contribution in [2.45, 2.75) is 64.0 Å². The zero-order valence-electron chi connectivity index (χ0n) is 16.0. The van der Waals surface area contributed by atoms with Crippen molar-refractivity contribution in [3.8, 4) is 5.75 Å². The van der Waals surface area contributed by atoms with Crippen LogP contribution in [0.4, 0.5) is 4.79 Å². The fourth-order valence-electron chi connectivity index (χ4n) is 3.76. The third kappa shape index (κ3) is 4.81. The molecule has 3 rings (SSSR count). The summed E-state index contributed by atoms with van der Waals surface area (Å²) in [6, 6.07) is 6.48. The molecule has 1 atom stereocenters. The summed E-state index contributed by atoms with van der Waals surface area (Å²) in [4.78, 5) is 25.0. The van der Waals surface area contributed by atoms with Crippen LogP contribution in [0.2, 0.25) is 0 Å². The monoisotopic (exact) mass is 372 g/mol. The van der Waals surface area contributed by atoms with Crippen molar-refractivity contribution >= 4 is 12.0 Å². The van der Waals surface area contributed by atoms with E-state index in [0.717, 1.165) is 37.0 Å². The van der Waals surface area contributed by atoms with Gasteiger partial charge in [-0.2, -0.15) is 0 Å². The Balaban J connectivity index is 1.80. The fourth-order valence-corrected chi connectivity index (χ4v) is 3.76. The number of amides is 2. The average molecular weight is 372 g/mol. The first-order valence-electron chi connectivity index (χ1n) is 9.71. The summed E-state index contributed by atoms with van der Waals surface area (Å²) >= 11 is 0. The zero-order chi connectivity index (χ0) is 19.2. The van der Waals surface area contributed by atoms with Gasteiger partial charge < -0.3 is 20.1 Å². The molecule has 0 radical (unpaired) electrons. The molecule has 1 heterocycles. The molecule has 6 nitrogen and oxygen atoms in total. The van der Waals surface area contributed by atoms with Crippen LogP contribution in [0.25, 0.3) is 0 Å². The first-order chi connectivity index (χ1) is 13.1. The van der Waals surface area contributed by atoms with E-state index in [2.05, 4.69) is 10.6 Å². The van der Waals surface area contributed by atoms with Crippen LogP contribution in [-0.2, 0) is 9.53 Å². The standard InChI is InChI=1S/C21H28N2O4/c1-14-18(20(24)27-17-8-6-4-3-5-7-9-17)19(23-21(25)22-14)15-10-12-16(26-2)13-11-15/h10-13,17,19H,3-9H2,1-2H3,(H2,22,23,25)/t19-/m1/s1. The molecule has 1 fully saturated rings. The van der Waals surface area contributed by atoms with Gasteiger partial charge in [-0.1, -0.05) is 31.4 Å². The van der Waals surface area contributed by atoms with Gasteiger partial charge in [-0.3, -0.25) is 0 Å². The molecule has 1 saturated carbocycles. The highest BCUT2D eigenvalue weighted by molar-refractivity contribution is 5.95. The molecule has 0 saturated heterocycles. The lowest BCUT2D eigenvalue weighted by atomic mass is 9.95. The van der Waals surface area contributed by atoms with Gasteiger partial charge in [0, 0.05) is 5.70 Å². The molecule has 1 aromatic rings. The minimum atomic E-state index is -0.536. The number of carbonyl (C=O) groups excluding carboxylic acids is 2. The Morgan fingerprint density at radius 2 is 1.67 bits per heavy atom. The number of urea groups is 1.